The van der Waals surface area contributed by atoms with Crippen molar-refractivity contribution in [2.75, 3.05) is 0 Å². The number of furan rings is 1. The lowest BCUT2D eigenvalue weighted by Crippen LogP contribution is -2.10. The van der Waals surface area contributed by atoms with Crippen LogP contribution in [-0.2, 0) is 6.61 Å². The lowest BCUT2D eigenvalue weighted by atomic mass is 10.2. The zero-order valence-electron chi connectivity index (χ0n) is 13.7. The Morgan fingerprint density at radius 2 is 1.78 bits per heavy atom. The molecule has 2 heterocycles. The molecule has 2 aromatic carbocycles. The summed E-state index contributed by atoms with van der Waals surface area (Å²) in [5, 5.41) is 1.29. The normalized spacial score (nSPS) is 11.1. The summed E-state index contributed by atoms with van der Waals surface area (Å²) < 4.78 is 17.8. The second-order valence-electron chi connectivity index (χ2n) is 5.73. The summed E-state index contributed by atoms with van der Waals surface area (Å²) in [6.07, 6.45) is 0. The minimum Gasteiger partial charge on any atom is -0.481 e. The van der Waals surface area contributed by atoms with Crippen LogP contribution in [0, 0.1) is 0 Å². The molecule has 7 heteroatoms. The molecule has 4 rings (SSSR count). The quantitative estimate of drug-likeness (QED) is 0.336. The van der Waals surface area contributed by atoms with Crippen LogP contribution in [0.1, 0.15) is 5.56 Å². The largest absolute Gasteiger partial charge is 0.481 e. The Balaban J connectivity index is 1.80. The summed E-state index contributed by atoms with van der Waals surface area (Å²) in [5.41, 5.74) is 0.940. The molecule has 0 aliphatic heterocycles. The molecule has 0 amide bonds. The van der Waals surface area contributed by atoms with E-state index in [-0.39, 0.29) is 23.5 Å². The van der Waals surface area contributed by atoms with Gasteiger partial charge in [-0.1, -0.05) is 41.4 Å². The lowest BCUT2D eigenvalue weighted by molar-refractivity contribution is 0.296. The summed E-state index contributed by atoms with van der Waals surface area (Å²) in [4.78, 5) is 13.0. The lowest BCUT2D eigenvalue weighted by Gasteiger charge is -2.10. The molecule has 0 aliphatic rings. The minimum atomic E-state index is -0.278. The minimum absolute atomic E-state index is 0.0709. The van der Waals surface area contributed by atoms with E-state index in [9.17, 15) is 4.79 Å². The summed E-state index contributed by atoms with van der Waals surface area (Å²) in [6, 6.07) is 15.5. The first-order valence-corrected chi connectivity index (χ1v) is 9.46. The highest BCUT2D eigenvalue weighted by Gasteiger charge is 2.20. The van der Waals surface area contributed by atoms with Gasteiger partial charge in [-0.3, -0.25) is 4.79 Å². The number of halogens is 3. The molecule has 4 aromatic rings. The highest BCUT2D eigenvalue weighted by atomic mass is 79.9. The molecule has 0 bridgehead atoms. The van der Waals surface area contributed by atoms with E-state index in [1.165, 1.54) is 0 Å². The summed E-state index contributed by atoms with van der Waals surface area (Å²) in [7, 11) is 0. The third-order valence-corrected chi connectivity index (χ3v) is 5.09. The highest BCUT2D eigenvalue weighted by Crippen LogP contribution is 2.34. The summed E-state index contributed by atoms with van der Waals surface area (Å²) in [5.74, 6) is 0.681. The molecule has 0 aliphatic carbocycles. The molecule has 0 saturated carbocycles. The van der Waals surface area contributed by atoms with Gasteiger partial charge < -0.3 is 13.6 Å². The molecule has 0 N–H and O–H groups in total. The first kappa shape index (κ1) is 18.2. The maximum atomic E-state index is 13.0. The van der Waals surface area contributed by atoms with Gasteiger partial charge in [-0.15, -0.1) is 0 Å². The predicted molar refractivity (Wildman–Crippen MR) is 109 cm³/mol. The third kappa shape index (κ3) is 3.63. The number of fused-ring (bicyclic) bond motifs is 1. The van der Waals surface area contributed by atoms with Gasteiger partial charge in [0.2, 0.25) is 16.9 Å². The molecule has 0 radical (unpaired) electrons. The highest BCUT2D eigenvalue weighted by molar-refractivity contribution is 9.10. The van der Waals surface area contributed by atoms with E-state index in [0.29, 0.717) is 31.4 Å². The number of ether oxygens (including phenoxy) is 1. The van der Waals surface area contributed by atoms with Crippen LogP contribution >= 0.6 is 39.1 Å². The summed E-state index contributed by atoms with van der Waals surface area (Å²) in [6.45, 7) is 0.120. The van der Waals surface area contributed by atoms with Crippen LogP contribution in [0.2, 0.25) is 10.0 Å². The molecule has 136 valence electrons. The van der Waals surface area contributed by atoms with Crippen LogP contribution in [0.25, 0.3) is 22.5 Å². The molecule has 27 heavy (non-hydrogen) atoms. The Bertz CT molecular complexity index is 1200. The Kier molecular flexibility index (Phi) is 5.00. The smallest absolute Gasteiger partial charge is 0.235 e. The van der Waals surface area contributed by atoms with Crippen LogP contribution in [0.15, 0.2) is 72.9 Å². The maximum absolute atomic E-state index is 13.0. The second kappa shape index (κ2) is 7.43. The van der Waals surface area contributed by atoms with Gasteiger partial charge in [0.05, 0.1) is 15.4 Å². The molecule has 0 saturated heterocycles. The fourth-order valence-electron chi connectivity index (χ4n) is 2.64. The molecule has 2 aromatic heterocycles. The zero-order chi connectivity index (χ0) is 19.0. The van der Waals surface area contributed by atoms with Gasteiger partial charge in [0.15, 0.2) is 10.4 Å². The van der Waals surface area contributed by atoms with E-state index in [2.05, 4.69) is 15.9 Å². The number of rotatable bonds is 4. The van der Waals surface area contributed by atoms with Crippen molar-refractivity contribution >= 4 is 50.1 Å². The van der Waals surface area contributed by atoms with Gasteiger partial charge in [-0.05, 0) is 57.9 Å². The van der Waals surface area contributed by atoms with Gasteiger partial charge in [-0.25, -0.2) is 0 Å². The van der Waals surface area contributed by atoms with E-state index in [4.69, 9.17) is 36.8 Å². The molecule has 0 spiro atoms. The Labute approximate surface area is 172 Å². The average Bonchev–Trinajstić information content (AvgIpc) is 3.10. The fourth-order valence-corrected chi connectivity index (χ4v) is 3.27. The van der Waals surface area contributed by atoms with Gasteiger partial charge in [-0.2, -0.15) is 0 Å². The second-order valence-corrected chi connectivity index (χ2v) is 7.32. The van der Waals surface area contributed by atoms with Gasteiger partial charge >= 0.3 is 0 Å². The number of benzene rings is 2. The van der Waals surface area contributed by atoms with Crippen LogP contribution in [-0.4, -0.2) is 0 Å². The number of hydrogen-bond acceptors (Lipinski definition) is 4. The summed E-state index contributed by atoms with van der Waals surface area (Å²) >= 11 is 15.2. The fraction of sp³-hybridized carbons (Fsp3) is 0.0500. The predicted octanol–water partition coefficient (Wildman–Crippen LogP) is 6.70. The van der Waals surface area contributed by atoms with E-state index in [1.54, 1.807) is 54.6 Å². The monoisotopic (exact) mass is 464 g/mol. The van der Waals surface area contributed by atoms with Crippen molar-refractivity contribution in [3.63, 3.8) is 0 Å². The van der Waals surface area contributed by atoms with Crippen molar-refractivity contribution in [3.05, 3.63) is 85.1 Å². The van der Waals surface area contributed by atoms with Crippen LogP contribution in [0.4, 0.5) is 0 Å². The Morgan fingerprint density at radius 1 is 0.963 bits per heavy atom. The first-order chi connectivity index (χ1) is 13.0. The van der Waals surface area contributed by atoms with Gasteiger partial charge in [0.1, 0.15) is 12.2 Å². The third-order valence-electron chi connectivity index (χ3n) is 3.92. The van der Waals surface area contributed by atoms with Crippen molar-refractivity contribution in [1.29, 1.82) is 0 Å². The first-order valence-electron chi connectivity index (χ1n) is 7.91. The Morgan fingerprint density at radius 3 is 2.52 bits per heavy atom. The molecular formula is C20H11BrCl2O4. The number of hydrogen-bond donors (Lipinski definition) is 0. The van der Waals surface area contributed by atoms with Gasteiger partial charge in [0.25, 0.3) is 0 Å². The zero-order valence-corrected chi connectivity index (χ0v) is 16.8. The van der Waals surface area contributed by atoms with E-state index in [0.717, 1.165) is 5.56 Å². The van der Waals surface area contributed by atoms with Crippen molar-refractivity contribution < 1.29 is 13.6 Å². The van der Waals surface area contributed by atoms with E-state index in [1.807, 2.05) is 0 Å². The maximum Gasteiger partial charge on any atom is 0.235 e. The molecule has 4 nitrogen and oxygen atoms in total. The van der Waals surface area contributed by atoms with E-state index < -0.39 is 0 Å². The standard InChI is InChI=1S/C20H11BrCl2O4/c21-17-8-7-16(26-17)19-20(18(24)12-3-1-2-4-15(12)27-19)25-10-11-5-6-13(22)14(23)9-11/h1-9H,10H2. The molecular weight excluding hydrogens is 455 g/mol. The SMILES string of the molecule is O=c1c(OCc2ccc(Cl)c(Cl)c2)c(-c2ccc(Br)o2)oc2ccccc12. The average molecular weight is 466 g/mol. The number of para-hydroxylation sites is 1. The van der Waals surface area contributed by atoms with Crippen LogP contribution in [0.3, 0.4) is 0 Å². The van der Waals surface area contributed by atoms with Crippen molar-refractivity contribution in [2.24, 2.45) is 0 Å². The van der Waals surface area contributed by atoms with Crippen LogP contribution in [0.5, 0.6) is 5.75 Å². The molecule has 0 fully saturated rings. The topological polar surface area (TPSA) is 52.6 Å². The van der Waals surface area contributed by atoms with Crippen molar-refractivity contribution in [3.8, 4) is 17.3 Å². The van der Waals surface area contributed by atoms with Crippen LogP contribution < -0.4 is 10.2 Å². The van der Waals surface area contributed by atoms with Crippen molar-refractivity contribution in [1.82, 2.24) is 0 Å². The van der Waals surface area contributed by atoms with Gasteiger partial charge in [0, 0.05) is 0 Å². The molecule has 0 unspecified atom stereocenters. The van der Waals surface area contributed by atoms with E-state index >= 15 is 0 Å². The Hall–Kier alpha value is -2.21. The van der Waals surface area contributed by atoms with Crippen molar-refractivity contribution in [2.45, 2.75) is 6.61 Å². The molecule has 0 atom stereocenters.